The number of alkyl halides is 3. The lowest BCUT2D eigenvalue weighted by Gasteiger charge is -2.33. The minimum Gasteiger partial charge on any atom is -0.493 e. The molecule has 2 aliphatic rings. The van der Waals surface area contributed by atoms with Gasteiger partial charge in [0, 0.05) is 16.7 Å². The van der Waals surface area contributed by atoms with Gasteiger partial charge in [-0.2, -0.15) is 13.2 Å². The Morgan fingerprint density at radius 2 is 1.74 bits per heavy atom. The first kappa shape index (κ1) is 38.0. The quantitative estimate of drug-likeness (QED) is 0.134. The maximum absolute atomic E-state index is 15.2. The number of methoxy groups -OCH3 is 1. The van der Waals surface area contributed by atoms with Gasteiger partial charge in [-0.05, 0) is 87.7 Å². The molecule has 14 heteroatoms. The van der Waals surface area contributed by atoms with Crippen LogP contribution < -0.4 is 24.2 Å². The van der Waals surface area contributed by atoms with Gasteiger partial charge in [0.05, 0.1) is 41.2 Å². The normalized spacial score (nSPS) is 18.9. The highest BCUT2D eigenvalue weighted by atomic mass is 32.2. The molecule has 1 aromatic heterocycles. The number of aliphatic hydroxyl groups is 1. The molecule has 280 valence electrons. The summed E-state index contributed by atoms with van der Waals surface area (Å²) in [4.78, 5) is 17.6. The number of rotatable bonds is 12. The molecule has 9 nitrogen and oxygen atoms in total. The topological polar surface area (TPSA) is 119 Å². The van der Waals surface area contributed by atoms with Gasteiger partial charge in [0.25, 0.3) is 5.91 Å². The minimum absolute atomic E-state index is 0.0317. The van der Waals surface area contributed by atoms with E-state index in [0.29, 0.717) is 5.75 Å². The summed E-state index contributed by atoms with van der Waals surface area (Å²) in [5.41, 5.74) is -5.24. The molecule has 1 aliphatic carbocycles. The fraction of sp³-hybridized carbons (Fsp3) is 0.333. The van der Waals surface area contributed by atoms with E-state index in [9.17, 15) is 18.5 Å². The number of carbonyl (C=O) groups excluding carboxylic acids is 1. The molecule has 1 fully saturated rings. The summed E-state index contributed by atoms with van der Waals surface area (Å²) in [6.07, 6.45) is -0.218. The van der Waals surface area contributed by atoms with E-state index in [1.807, 2.05) is 30.3 Å². The molecule has 0 radical (unpaired) electrons. The lowest BCUT2D eigenvalue weighted by atomic mass is 9.87. The molecule has 6 rings (SSSR count). The average molecular weight is 754 g/mol. The number of pyridine rings is 1. The number of hydrogen-bond donors (Lipinski definition) is 3. The van der Waals surface area contributed by atoms with Crippen LogP contribution in [0.4, 0.5) is 17.6 Å². The Hall–Kier alpha value is -4.79. The number of carbonyl (C=O) groups is 1. The predicted molar refractivity (Wildman–Crippen MR) is 192 cm³/mol. The van der Waals surface area contributed by atoms with Crippen molar-refractivity contribution in [2.24, 2.45) is 0 Å². The molecule has 3 aromatic carbocycles. The second kappa shape index (κ2) is 14.6. The third-order valence-corrected chi connectivity index (χ3v) is 10.5. The number of amides is 1. The van der Waals surface area contributed by atoms with Crippen LogP contribution in [0.15, 0.2) is 84.9 Å². The van der Waals surface area contributed by atoms with Crippen molar-refractivity contribution in [3.63, 3.8) is 0 Å². The summed E-state index contributed by atoms with van der Waals surface area (Å²) in [5, 5.41) is 13.9. The van der Waals surface area contributed by atoms with E-state index in [4.69, 9.17) is 14.2 Å². The number of benzene rings is 3. The first-order valence-electron chi connectivity index (χ1n) is 16.8. The molecule has 53 heavy (non-hydrogen) atoms. The molecular formula is C39H39F4N3O6S. The van der Waals surface area contributed by atoms with Gasteiger partial charge < -0.3 is 24.6 Å². The molecule has 2 heterocycles. The van der Waals surface area contributed by atoms with Crippen LogP contribution in [-0.2, 0) is 22.1 Å². The molecule has 1 amide bonds. The molecule has 4 aromatic rings. The van der Waals surface area contributed by atoms with E-state index < -0.39 is 57.0 Å². The van der Waals surface area contributed by atoms with Crippen molar-refractivity contribution in [2.75, 3.05) is 20.3 Å². The molecule has 1 aliphatic heterocycles. The maximum Gasteiger partial charge on any atom is 0.424 e. The Labute approximate surface area is 307 Å². The third kappa shape index (κ3) is 8.09. The predicted octanol–water partition coefficient (Wildman–Crippen LogP) is 6.97. The van der Waals surface area contributed by atoms with Gasteiger partial charge >= 0.3 is 6.18 Å². The van der Waals surface area contributed by atoms with Crippen molar-refractivity contribution in [3.05, 3.63) is 113 Å². The van der Waals surface area contributed by atoms with E-state index in [0.717, 1.165) is 36.6 Å². The zero-order valence-electron chi connectivity index (χ0n) is 29.4. The van der Waals surface area contributed by atoms with E-state index in [1.165, 1.54) is 37.4 Å². The second-order valence-electron chi connectivity index (χ2n) is 14.0. The summed E-state index contributed by atoms with van der Waals surface area (Å²) in [5.74, 6) is -0.856. The van der Waals surface area contributed by atoms with Gasteiger partial charge in [-0.15, -0.1) is 0 Å². The molecule has 0 bridgehead atoms. The Morgan fingerprint density at radius 3 is 2.36 bits per heavy atom. The highest BCUT2D eigenvalue weighted by Crippen LogP contribution is 2.48. The fourth-order valence-corrected chi connectivity index (χ4v) is 6.46. The summed E-state index contributed by atoms with van der Waals surface area (Å²) >= 11 is 0. The van der Waals surface area contributed by atoms with Crippen LogP contribution in [0.3, 0.4) is 0 Å². The lowest BCUT2D eigenvalue weighted by molar-refractivity contribution is -0.265. The van der Waals surface area contributed by atoms with Crippen LogP contribution in [0, 0.1) is 5.82 Å². The van der Waals surface area contributed by atoms with Crippen molar-refractivity contribution in [1.29, 1.82) is 0 Å². The second-order valence-corrected chi connectivity index (χ2v) is 15.9. The third-order valence-electron chi connectivity index (χ3n) is 8.85. The van der Waals surface area contributed by atoms with Crippen LogP contribution in [0.25, 0.3) is 17.3 Å². The Bertz CT molecular complexity index is 2030. The zero-order chi connectivity index (χ0) is 38.2. The first-order chi connectivity index (χ1) is 25.0. The van der Waals surface area contributed by atoms with Crippen LogP contribution >= 0.6 is 0 Å². The van der Waals surface area contributed by atoms with Crippen LogP contribution in [0.1, 0.15) is 60.8 Å². The smallest absolute Gasteiger partial charge is 0.424 e. The SMILES string of the molecule is COc1cc(C(=O)NCC(O)(c2cc3c(c(-c4ccc(F)cc4)n2)OCC3(C=Cc2ccccc2)NS(=O)C(C)(C)C)C(F)(F)F)ccc1OC1CC1. The van der Waals surface area contributed by atoms with Gasteiger partial charge in [0.2, 0.25) is 5.60 Å². The zero-order valence-corrected chi connectivity index (χ0v) is 30.2. The lowest BCUT2D eigenvalue weighted by Crippen LogP contribution is -2.52. The number of nitrogens with zero attached hydrogens (tertiary/aromatic N) is 1. The van der Waals surface area contributed by atoms with Crippen molar-refractivity contribution in [1.82, 2.24) is 15.0 Å². The van der Waals surface area contributed by atoms with Crippen molar-refractivity contribution >= 4 is 23.0 Å². The Kier molecular flexibility index (Phi) is 10.4. The van der Waals surface area contributed by atoms with E-state index in [2.05, 4.69) is 15.0 Å². The van der Waals surface area contributed by atoms with Gasteiger partial charge in [0.1, 0.15) is 23.7 Å². The average Bonchev–Trinajstić information content (AvgIpc) is 3.88. The van der Waals surface area contributed by atoms with E-state index >= 15 is 13.2 Å². The summed E-state index contributed by atoms with van der Waals surface area (Å²) in [6, 6.07) is 19.2. The number of aromatic nitrogens is 1. The van der Waals surface area contributed by atoms with Crippen LogP contribution in [-0.4, -0.2) is 57.5 Å². The van der Waals surface area contributed by atoms with Crippen molar-refractivity contribution in [3.8, 4) is 28.5 Å². The molecule has 0 spiro atoms. The minimum atomic E-state index is -5.37. The Balaban J connectivity index is 1.46. The summed E-state index contributed by atoms with van der Waals surface area (Å²) in [6.45, 7) is 3.66. The van der Waals surface area contributed by atoms with Gasteiger partial charge in [-0.25, -0.2) is 18.3 Å². The van der Waals surface area contributed by atoms with Crippen LogP contribution in [0.5, 0.6) is 17.2 Å². The number of ether oxygens (including phenoxy) is 3. The number of fused-ring (bicyclic) bond motifs is 1. The largest absolute Gasteiger partial charge is 0.493 e. The fourth-order valence-electron chi connectivity index (χ4n) is 5.59. The standard InChI is InChI=1S/C39H39F4N3O6S/c1-36(2,3)53(49)46-37(19-18-24-8-6-5-7-9-24)23-51-34-29(37)21-32(45-33(34)25-10-13-27(40)14-11-25)38(48,39(41,42)43)22-44-35(47)26-12-17-30(31(20-26)50-4)52-28-15-16-28/h5-14,17-21,28,46,48H,15-16,22-23H2,1-4H3,(H,44,47). The summed E-state index contributed by atoms with van der Waals surface area (Å²) < 4.78 is 92.8. The number of nitrogens with one attached hydrogen (secondary N) is 2. The number of hydrogen-bond acceptors (Lipinski definition) is 7. The van der Waals surface area contributed by atoms with Gasteiger partial charge in [-0.1, -0.05) is 42.5 Å². The van der Waals surface area contributed by atoms with Crippen molar-refractivity contribution < 1.29 is 45.9 Å². The molecule has 3 N–H and O–H groups in total. The molecule has 3 unspecified atom stereocenters. The molecule has 1 saturated carbocycles. The molecular weight excluding hydrogens is 715 g/mol. The van der Waals surface area contributed by atoms with E-state index in [-0.39, 0.29) is 46.6 Å². The van der Waals surface area contributed by atoms with Crippen LogP contribution in [0.2, 0.25) is 0 Å². The first-order valence-corrected chi connectivity index (χ1v) is 18.0. The van der Waals surface area contributed by atoms with Gasteiger partial charge in [-0.3, -0.25) is 4.79 Å². The Morgan fingerprint density at radius 1 is 1.04 bits per heavy atom. The summed E-state index contributed by atoms with van der Waals surface area (Å²) in [7, 11) is -0.401. The highest BCUT2D eigenvalue weighted by Gasteiger charge is 2.57. The number of halogens is 4. The van der Waals surface area contributed by atoms with E-state index in [1.54, 1.807) is 32.9 Å². The van der Waals surface area contributed by atoms with Gasteiger partial charge in [0.15, 0.2) is 17.2 Å². The molecule has 3 atom stereocenters. The maximum atomic E-state index is 15.2. The molecule has 0 saturated heterocycles. The highest BCUT2D eigenvalue weighted by molar-refractivity contribution is 7.84. The monoisotopic (exact) mass is 753 g/mol. The van der Waals surface area contributed by atoms with Crippen molar-refractivity contribution in [2.45, 2.75) is 61.8 Å².